The van der Waals surface area contributed by atoms with Gasteiger partial charge in [0.25, 0.3) is 5.91 Å². The number of hydrogen-bond donors (Lipinski definition) is 2. The van der Waals surface area contributed by atoms with Gasteiger partial charge in [-0.1, -0.05) is 6.92 Å². The number of H-pyrrole nitrogens is 1. The molecule has 0 saturated carbocycles. The van der Waals surface area contributed by atoms with E-state index in [0.717, 1.165) is 11.4 Å². The normalized spacial score (nSPS) is 12.2. The van der Waals surface area contributed by atoms with Crippen molar-refractivity contribution in [1.29, 1.82) is 0 Å². The molecule has 6 nitrogen and oxygen atoms in total. The monoisotopic (exact) mass is 288 g/mol. The van der Waals surface area contributed by atoms with E-state index in [2.05, 4.69) is 15.3 Å². The minimum atomic E-state index is -0.378. The molecule has 6 heteroatoms. The average molecular weight is 288 g/mol. The van der Waals surface area contributed by atoms with Crippen molar-refractivity contribution in [3.8, 4) is 0 Å². The summed E-state index contributed by atoms with van der Waals surface area (Å²) in [7, 11) is 1.80. The lowest BCUT2D eigenvalue weighted by Crippen LogP contribution is -2.33. The van der Waals surface area contributed by atoms with Gasteiger partial charge in [0.05, 0.1) is 6.04 Å². The Morgan fingerprint density at radius 2 is 2.19 bits per heavy atom. The third-order valence-corrected chi connectivity index (χ3v) is 3.50. The highest BCUT2D eigenvalue weighted by atomic mass is 16.2. The van der Waals surface area contributed by atoms with Crippen LogP contribution < -0.4 is 10.7 Å². The number of imidazole rings is 1. The number of hydrogen-bond acceptors (Lipinski definition) is 3. The Morgan fingerprint density at radius 3 is 2.76 bits per heavy atom. The molecule has 112 valence electrons. The number of amides is 1. The first-order valence-electron chi connectivity index (χ1n) is 6.92. The van der Waals surface area contributed by atoms with Gasteiger partial charge in [0.2, 0.25) is 0 Å². The van der Waals surface area contributed by atoms with Crippen molar-refractivity contribution < 1.29 is 4.79 Å². The Morgan fingerprint density at radius 1 is 1.48 bits per heavy atom. The summed E-state index contributed by atoms with van der Waals surface area (Å²) in [6.45, 7) is 5.68. The van der Waals surface area contributed by atoms with E-state index in [1.165, 1.54) is 6.07 Å². The zero-order chi connectivity index (χ0) is 15.6. The third-order valence-electron chi connectivity index (χ3n) is 3.50. The second kappa shape index (κ2) is 5.95. The predicted octanol–water partition coefficient (Wildman–Crippen LogP) is 1.61. The molecule has 2 aromatic rings. The van der Waals surface area contributed by atoms with E-state index < -0.39 is 0 Å². The Hall–Kier alpha value is -2.37. The van der Waals surface area contributed by atoms with E-state index in [1.807, 2.05) is 20.8 Å². The molecule has 0 aliphatic rings. The van der Waals surface area contributed by atoms with E-state index in [4.69, 9.17) is 0 Å². The fourth-order valence-corrected chi connectivity index (χ4v) is 2.11. The summed E-state index contributed by atoms with van der Waals surface area (Å²) in [5.41, 5.74) is 1.62. The van der Waals surface area contributed by atoms with Gasteiger partial charge in [-0.3, -0.25) is 9.59 Å². The van der Waals surface area contributed by atoms with Gasteiger partial charge >= 0.3 is 0 Å². The van der Waals surface area contributed by atoms with Gasteiger partial charge in [-0.15, -0.1) is 0 Å². The van der Waals surface area contributed by atoms with Crippen LogP contribution in [0.3, 0.4) is 0 Å². The number of nitrogens with zero attached hydrogens (tertiary/aromatic N) is 2. The molecular formula is C15H20N4O2. The molecule has 0 fully saturated rings. The number of carbonyl (C=O) groups is 1. The molecule has 0 radical (unpaired) electrons. The van der Waals surface area contributed by atoms with Crippen LogP contribution in [-0.2, 0) is 7.05 Å². The first kappa shape index (κ1) is 15.0. The van der Waals surface area contributed by atoms with Gasteiger partial charge in [0.15, 0.2) is 5.43 Å². The molecule has 2 heterocycles. The standard InChI is InChI=1S/C15H20N4O2/c1-5-12(14-16-7-9(2)17-14)18-15(21)11-8-19(4)10(3)6-13(11)20/h6-8,12H,5H2,1-4H3,(H,16,17)(H,18,21)/t12-/m0/s1. The molecule has 2 aromatic heterocycles. The second-order valence-electron chi connectivity index (χ2n) is 5.19. The van der Waals surface area contributed by atoms with Crippen molar-refractivity contribution in [2.75, 3.05) is 0 Å². The van der Waals surface area contributed by atoms with Gasteiger partial charge in [-0.2, -0.15) is 0 Å². The highest BCUT2D eigenvalue weighted by Crippen LogP contribution is 2.13. The summed E-state index contributed by atoms with van der Waals surface area (Å²) in [6.07, 6.45) is 3.97. The number of aromatic amines is 1. The topological polar surface area (TPSA) is 79.8 Å². The van der Waals surface area contributed by atoms with Crippen LogP contribution in [0.1, 0.15) is 47.0 Å². The quantitative estimate of drug-likeness (QED) is 0.897. The van der Waals surface area contributed by atoms with Crippen molar-refractivity contribution in [3.05, 3.63) is 51.5 Å². The second-order valence-corrected chi connectivity index (χ2v) is 5.19. The zero-order valence-electron chi connectivity index (χ0n) is 12.7. The van der Waals surface area contributed by atoms with Crippen molar-refractivity contribution in [1.82, 2.24) is 19.9 Å². The molecule has 0 bridgehead atoms. The molecule has 0 aromatic carbocycles. The molecule has 21 heavy (non-hydrogen) atoms. The maximum atomic E-state index is 12.3. The SMILES string of the molecule is CC[C@H](NC(=O)c1cn(C)c(C)cc1=O)c1ncc(C)[nH]1. The predicted molar refractivity (Wildman–Crippen MR) is 80.2 cm³/mol. The van der Waals surface area contributed by atoms with Crippen molar-refractivity contribution >= 4 is 5.91 Å². The minimum Gasteiger partial charge on any atom is -0.354 e. The van der Waals surface area contributed by atoms with Gasteiger partial charge in [-0.05, 0) is 20.3 Å². The van der Waals surface area contributed by atoms with Gasteiger partial charge in [0.1, 0.15) is 11.4 Å². The minimum absolute atomic E-state index is 0.143. The number of rotatable bonds is 4. The lowest BCUT2D eigenvalue weighted by molar-refractivity contribution is 0.0932. The molecule has 0 saturated heterocycles. The van der Waals surface area contributed by atoms with Crippen LogP contribution in [0, 0.1) is 13.8 Å². The van der Waals surface area contributed by atoms with E-state index in [0.29, 0.717) is 12.2 Å². The number of pyridine rings is 1. The van der Waals surface area contributed by atoms with E-state index >= 15 is 0 Å². The highest BCUT2D eigenvalue weighted by molar-refractivity contribution is 5.94. The number of aryl methyl sites for hydroxylation is 3. The van der Waals surface area contributed by atoms with Gasteiger partial charge < -0.3 is 14.9 Å². The Balaban J connectivity index is 2.24. The summed E-state index contributed by atoms with van der Waals surface area (Å²) in [4.78, 5) is 31.6. The largest absolute Gasteiger partial charge is 0.354 e. The maximum absolute atomic E-state index is 12.3. The molecule has 1 amide bonds. The van der Waals surface area contributed by atoms with Crippen molar-refractivity contribution in [2.24, 2.45) is 7.05 Å². The molecule has 2 rings (SSSR count). The van der Waals surface area contributed by atoms with Crippen LogP contribution in [0.2, 0.25) is 0 Å². The van der Waals surface area contributed by atoms with Crippen LogP contribution in [0.5, 0.6) is 0 Å². The molecule has 0 spiro atoms. The average Bonchev–Trinajstić information content (AvgIpc) is 2.86. The molecule has 0 aliphatic carbocycles. The molecule has 0 unspecified atom stereocenters. The Labute approximate surface area is 123 Å². The summed E-state index contributed by atoms with van der Waals surface area (Å²) in [5.74, 6) is 0.323. The fraction of sp³-hybridized carbons (Fsp3) is 0.400. The number of carbonyl (C=O) groups excluding carboxylic acids is 1. The number of aromatic nitrogens is 3. The summed E-state index contributed by atoms with van der Waals surface area (Å²) in [5, 5.41) is 2.85. The number of nitrogens with one attached hydrogen (secondary N) is 2. The van der Waals surface area contributed by atoms with Crippen LogP contribution in [0.15, 0.2) is 23.3 Å². The smallest absolute Gasteiger partial charge is 0.257 e. The van der Waals surface area contributed by atoms with E-state index in [1.54, 1.807) is 24.0 Å². The highest BCUT2D eigenvalue weighted by Gasteiger charge is 2.18. The van der Waals surface area contributed by atoms with E-state index in [9.17, 15) is 9.59 Å². The van der Waals surface area contributed by atoms with Crippen LogP contribution in [0.4, 0.5) is 0 Å². The summed E-state index contributed by atoms with van der Waals surface area (Å²) < 4.78 is 1.76. The Bertz CT molecular complexity index is 715. The van der Waals surface area contributed by atoms with Crippen LogP contribution in [-0.4, -0.2) is 20.4 Å². The van der Waals surface area contributed by atoms with Crippen LogP contribution >= 0.6 is 0 Å². The first-order valence-corrected chi connectivity index (χ1v) is 6.92. The maximum Gasteiger partial charge on any atom is 0.257 e. The van der Waals surface area contributed by atoms with Crippen molar-refractivity contribution in [2.45, 2.75) is 33.2 Å². The summed E-state index contributed by atoms with van der Waals surface area (Å²) in [6, 6.07) is 1.23. The third kappa shape index (κ3) is 3.21. The van der Waals surface area contributed by atoms with Crippen LogP contribution in [0.25, 0.3) is 0 Å². The van der Waals surface area contributed by atoms with E-state index in [-0.39, 0.29) is 22.9 Å². The molecule has 0 aliphatic heterocycles. The lowest BCUT2D eigenvalue weighted by Gasteiger charge is -2.15. The fourth-order valence-electron chi connectivity index (χ4n) is 2.11. The van der Waals surface area contributed by atoms with Gasteiger partial charge in [0, 0.05) is 36.9 Å². The Kier molecular flexibility index (Phi) is 4.26. The zero-order valence-corrected chi connectivity index (χ0v) is 12.7. The first-order chi connectivity index (χ1) is 9.92. The van der Waals surface area contributed by atoms with Crippen molar-refractivity contribution in [3.63, 3.8) is 0 Å². The molecular weight excluding hydrogens is 268 g/mol. The lowest BCUT2D eigenvalue weighted by atomic mass is 10.1. The molecule has 1 atom stereocenters. The summed E-state index contributed by atoms with van der Waals surface area (Å²) >= 11 is 0. The van der Waals surface area contributed by atoms with Gasteiger partial charge in [-0.25, -0.2) is 4.98 Å². The molecule has 2 N–H and O–H groups in total.